The van der Waals surface area contributed by atoms with Crippen molar-refractivity contribution in [3.05, 3.63) is 77.9 Å². The first-order valence-electron chi connectivity index (χ1n) is 9.37. The Morgan fingerprint density at radius 3 is 2.57 bits per heavy atom. The van der Waals surface area contributed by atoms with Gasteiger partial charge in [-0.25, -0.2) is 5.43 Å². The van der Waals surface area contributed by atoms with Crippen molar-refractivity contribution in [3.63, 3.8) is 0 Å². The highest BCUT2D eigenvalue weighted by Gasteiger charge is 2.16. The molecule has 150 valence electrons. The molecule has 30 heavy (non-hydrogen) atoms. The van der Waals surface area contributed by atoms with Crippen LogP contribution in [0, 0.1) is 12.3 Å². The van der Waals surface area contributed by atoms with E-state index < -0.39 is 11.8 Å². The third-order valence-electron chi connectivity index (χ3n) is 4.45. The van der Waals surface area contributed by atoms with Crippen molar-refractivity contribution in [2.45, 2.75) is 13.0 Å². The standard InChI is InChI=1S/C24H21N3O3/c1-3-15-30-22-14-13-19-11-7-8-12-20(19)21(22)16-25-27-24(29)23(28)26-17(2)18-9-5-4-6-10-18/h1,4-14,16-17H,15H2,2H3,(H,26,28)(H,27,29)/b25-16-/t17-/m0/s1. The number of nitrogens with one attached hydrogen (secondary N) is 2. The Balaban J connectivity index is 1.71. The monoisotopic (exact) mass is 399 g/mol. The number of carbonyl (C=O) groups excluding carboxylic acids is 2. The number of nitrogens with zero attached hydrogens (tertiary/aromatic N) is 1. The zero-order valence-electron chi connectivity index (χ0n) is 16.5. The minimum atomic E-state index is -0.861. The van der Waals surface area contributed by atoms with Crippen LogP contribution in [0.25, 0.3) is 10.8 Å². The van der Waals surface area contributed by atoms with Gasteiger partial charge in [0.2, 0.25) is 0 Å². The van der Waals surface area contributed by atoms with Crippen LogP contribution in [-0.2, 0) is 9.59 Å². The quantitative estimate of drug-likeness (QED) is 0.289. The van der Waals surface area contributed by atoms with Gasteiger partial charge in [0.15, 0.2) is 0 Å². The highest BCUT2D eigenvalue weighted by molar-refractivity contribution is 6.35. The lowest BCUT2D eigenvalue weighted by atomic mass is 10.0. The summed E-state index contributed by atoms with van der Waals surface area (Å²) in [7, 11) is 0. The Kier molecular flexibility index (Phi) is 6.80. The maximum absolute atomic E-state index is 12.1. The molecule has 0 fully saturated rings. The summed E-state index contributed by atoms with van der Waals surface area (Å²) in [5, 5.41) is 8.45. The number of carbonyl (C=O) groups is 2. The number of fused-ring (bicyclic) bond motifs is 1. The molecule has 0 heterocycles. The predicted molar refractivity (Wildman–Crippen MR) is 117 cm³/mol. The lowest BCUT2D eigenvalue weighted by Gasteiger charge is -2.13. The van der Waals surface area contributed by atoms with Crippen LogP contribution in [0.4, 0.5) is 0 Å². The first-order chi connectivity index (χ1) is 14.6. The fourth-order valence-corrected chi connectivity index (χ4v) is 2.95. The topological polar surface area (TPSA) is 79.8 Å². The van der Waals surface area contributed by atoms with Gasteiger partial charge in [-0.1, -0.05) is 66.6 Å². The van der Waals surface area contributed by atoms with E-state index in [1.165, 1.54) is 6.21 Å². The minimum absolute atomic E-state index is 0.102. The number of ether oxygens (including phenoxy) is 1. The molecule has 3 rings (SSSR count). The Bertz CT molecular complexity index is 1120. The highest BCUT2D eigenvalue weighted by atomic mass is 16.5. The van der Waals surface area contributed by atoms with E-state index in [-0.39, 0.29) is 12.6 Å². The van der Waals surface area contributed by atoms with Gasteiger partial charge in [-0.05, 0) is 29.3 Å². The van der Waals surface area contributed by atoms with Gasteiger partial charge in [0, 0.05) is 5.56 Å². The number of terminal acetylenes is 1. The van der Waals surface area contributed by atoms with Crippen LogP contribution in [0.3, 0.4) is 0 Å². The average molecular weight is 399 g/mol. The van der Waals surface area contributed by atoms with Crippen LogP contribution in [0.1, 0.15) is 24.1 Å². The minimum Gasteiger partial charge on any atom is -0.480 e. The second-order valence-electron chi connectivity index (χ2n) is 6.50. The highest BCUT2D eigenvalue weighted by Crippen LogP contribution is 2.26. The summed E-state index contributed by atoms with van der Waals surface area (Å²) < 4.78 is 5.58. The van der Waals surface area contributed by atoms with E-state index in [1.807, 2.05) is 60.7 Å². The van der Waals surface area contributed by atoms with Gasteiger partial charge in [-0.15, -0.1) is 6.42 Å². The van der Waals surface area contributed by atoms with Crippen molar-refractivity contribution in [1.29, 1.82) is 0 Å². The molecule has 0 unspecified atom stereocenters. The molecule has 0 aliphatic heterocycles. The smallest absolute Gasteiger partial charge is 0.329 e. The Morgan fingerprint density at radius 2 is 1.80 bits per heavy atom. The predicted octanol–water partition coefficient (Wildman–Crippen LogP) is 3.18. The van der Waals surface area contributed by atoms with E-state index in [9.17, 15) is 9.59 Å². The Labute approximate surface area is 174 Å². The zero-order chi connectivity index (χ0) is 21.3. The van der Waals surface area contributed by atoms with Crippen molar-refractivity contribution < 1.29 is 14.3 Å². The molecule has 6 heteroatoms. The van der Waals surface area contributed by atoms with E-state index in [2.05, 4.69) is 21.8 Å². The SMILES string of the molecule is C#CCOc1ccc2ccccc2c1/C=N\NC(=O)C(=O)N[C@@H](C)c1ccccc1. The summed E-state index contributed by atoms with van der Waals surface area (Å²) in [6, 6.07) is 20.4. The molecule has 2 N–H and O–H groups in total. The molecule has 1 atom stereocenters. The molecule has 3 aromatic carbocycles. The third kappa shape index (κ3) is 5.03. The molecule has 0 saturated carbocycles. The number of hydrogen-bond acceptors (Lipinski definition) is 4. The summed E-state index contributed by atoms with van der Waals surface area (Å²) in [6.07, 6.45) is 6.73. The summed E-state index contributed by atoms with van der Waals surface area (Å²) in [5.74, 6) is 1.32. The lowest BCUT2D eigenvalue weighted by Crippen LogP contribution is -2.39. The van der Waals surface area contributed by atoms with Crippen LogP contribution in [-0.4, -0.2) is 24.6 Å². The molecular formula is C24H21N3O3. The van der Waals surface area contributed by atoms with E-state index >= 15 is 0 Å². The second-order valence-corrected chi connectivity index (χ2v) is 6.50. The van der Waals surface area contributed by atoms with E-state index in [0.29, 0.717) is 11.3 Å². The maximum atomic E-state index is 12.1. The molecular weight excluding hydrogens is 378 g/mol. The third-order valence-corrected chi connectivity index (χ3v) is 4.45. The molecule has 3 aromatic rings. The van der Waals surface area contributed by atoms with Gasteiger partial charge in [0.05, 0.1) is 12.3 Å². The van der Waals surface area contributed by atoms with E-state index in [0.717, 1.165) is 16.3 Å². The van der Waals surface area contributed by atoms with Gasteiger partial charge >= 0.3 is 11.8 Å². The lowest BCUT2D eigenvalue weighted by molar-refractivity contribution is -0.139. The largest absolute Gasteiger partial charge is 0.480 e. The molecule has 0 aromatic heterocycles. The fourth-order valence-electron chi connectivity index (χ4n) is 2.95. The van der Waals surface area contributed by atoms with Gasteiger partial charge in [0.1, 0.15) is 12.4 Å². The van der Waals surface area contributed by atoms with Crippen molar-refractivity contribution in [2.75, 3.05) is 6.61 Å². The van der Waals surface area contributed by atoms with Crippen LogP contribution >= 0.6 is 0 Å². The second kappa shape index (κ2) is 9.89. The van der Waals surface area contributed by atoms with Crippen LogP contribution in [0.15, 0.2) is 71.8 Å². The van der Waals surface area contributed by atoms with Gasteiger partial charge in [0.25, 0.3) is 0 Å². The summed E-state index contributed by atoms with van der Waals surface area (Å²) in [5.41, 5.74) is 3.81. The summed E-state index contributed by atoms with van der Waals surface area (Å²) in [4.78, 5) is 24.3. The molecule has 2 amide bonds. The fraction of sp³-hybridized carbons (Fsp3) is 0.125. The maximum Gasteiger partial charge on any atom is 0.329 e. The van der Waals surface area contributed by atoms with Crippen LogP contribution < -0.4 is 15.5 Å². The summed E-state index contributed by atoms with van der Waals surface area (Å²) in [6.45, 7) is 1.90. The molecule has 0 aliphatic carbocycles. The first kappa shape index (κ1) is 20.6. The van der Waals surface area contributed by atoms with Crippen molar-refractivity contribution in [3.8, 4) is 18.1 Å². The van der Waals surface area contributed by atoms with Gasteiger partial charge in [-0.3, -0.25) is 9.59 Å². The molecule has 0 saturated heterocycles. The zero-order valence-corrected chi connectivity index (χ0v) is 16.5. The van der Waals surface area contributed by atoms with Gasteiger partial charge in [-0.2, -0.15) is 5.10 Å². The Morgan fingerprint density at radius 1 is 1.07 bits per heavy atom. The van der Waals surface area contributed by atoms with Crippen LogP contribution in [0.2, 0.25) is 0 Å². The van der Waals surface area contributed by atoms with Crippen LogP contribution in [0.5, 0.6) is 5.75 Å². The van der Waals surface area contributed by atoms with E-state index in [4.69, 9.17) is 11.2 Å². The van der Waals surface area contributed by atoms with Crippen molar-refractivity contribution in [2.24, 2.45) is 5.10 Å². The van der Waals surface area contributed by atoms with Crippen molar-refractivity contribution in [1.82, 2.24) is 10.7 Å². The molecule has 0 aliphatic rings. The number of hydrogen-bond donors (Lipinski definition) is 2. The molecule has 0 spiro atoms. The summed E-state index contributed by atoms with van der Waals surface area (Å²) >= 11 is 0. The number of rotatable bonds is 6. The Hall–Kier alpha value is -4.11. The van der Waals surface area contributed by atoms with E-state index in [1.54, 1.807) is 13.0 Å². The molecule has 6 nitrogen and oxygen atoms in total. The number of amides is 2. The average Bonchev–Trinajstić information content (AvgIpc) is 2.78. The molecule has 0 radical (unpaired) electrons. The molecule has 0 bridgehead atoms. The number of hydrazone groups is 1. The van der Waals surface area contributed by atoms with Crippen molar-refractivity contribution >= 4 is 28.8 Å². The number of benzene rings is 3. The normalized spacial score (nSPS) is 11.6. The first-order valence-corrected chi connectivity index (χ1v) is 9.37. The van der Waals surface area contributed by atoms with Gasteiger partial charge < -0.3 is 10.1 Å².